The molecule has 0 aromatic heterocycles. The number of hydrogen-bond donors (Lipinski definition) is 0. The molecule has 6 aliphatic heterocycles. The largest absolute Gasteiger partial charge is 0.410 e. The first-order chi connectivity index (χ1) is 24.4. The number of rotatable bonds is 8. The van der Waals surface area contributed by atoms with Crippen LogP contribution in [0, 0.1) is 41.4 Å². The summed E-state index contributed by atoms with van der Waals surface area (Å²) in [6.07, 6.45) is 7.32. The van der Waals surface area contributed by atoms with E-state index in [9.17, 15) is 0 Å². The zero-order valence-corrected chi connectivity index (χ0v) is 36.6. The molecule has 0 bridgehead atoms. The molecule has 52 heavy (non-hydrogen) atoms. The van der Waals surface area contributed by atoms with Crippen molar-refractivity contribution in [2.75, 3.05) is 6.61 Å². The molecule has 300 valence electrons. The highest BCUT2D eigenvalue weighted by Gasteiger charge is 2.61. The highest BCUT2D eigenvalue weighted by Crippen LogP contribution is 2.54. The lowest BCUT2D eigenvalue weighted by atomic mass is 9.73. The fourth-order valence-electron chi connectivity index (χ4n) is 12.2. The van der Waals surface area contributed by atoms with E-state index < -0.39 is 19.7 Å². The Bertz CT molecular complexity index is 1210. The van der Waals surface area contributed by atoms with E-state index in [4.69, 9.17) is 32.8 Å². The molecule has 6 aliphatic rings. The van der Waals surface area contributed by atoms with Gasteiger partial charge in [0.25, 0.3) is 0 Å². The minimum Gasteiger partial charge on any atom is -0.410 e. The Morgan fingerprint density at radius 2 is 1.25 bits per heavy atom. The molecule has 6 saturated heterocycles. The molecule has 6 heterocycles. The molecular weight excluding hydrogens is 669 g/mol. The lowest BCUT2D eigenvalue weighted by Gasteiger charge is -2.57. The van der Waals surface area contributed by atoms with Gasteiger partial charge in [-0.05, 0) is 78.3 Å². The molecule has 0 aromatic carbocycles. The molecule has 18 atom stereocenters. The fourth-order valence-corrected chi connectivity index (χ4v) is 17.8. The predicted octanol–water partition coefficient (Wildman–Crippen LogP) is 10.1. The fraction of sp³-hybridized carbons (Fsp3) is 0.955. The third kappa shape index (κ3) is 7.11. The van der Waals surface area contributed by atoms with Crippen molar-refractivity contribution in [3.63, 3.8) is 0 Å². The third-order valence-electron chi connectivity index (χ3n) is 15.8. The van der Waals surface area contributed by atoms with E-state index in [1.54, 1.807) is 0 Å². The molecule has 0 radical (unpaired) electrons. The summed E-state index contributed by atoms with van der Waals surface area (Å²) in [7, 11) is -2.21. The lowest BCUT2D eigenvalue weighted by molar-refractivity contribution is -0.335. The van der Waals surface area contributed by atoms with Crippen LogP contribution in [-0.4, -0.2) is 81.2 Å². The van der Waals surface area contributed by atoms with Crippen LogP contribution in [0.2, 0.25) is 16.6 Å². The van der Waals surface area contributed by atoms with Crippen molar-refractivity contribution < 1.29 is 32.8 Å². The van der Waals surface area contributed by atoms with Gasteiger partial charge in [0.1, 0.15) is 0 Å². The summed E-state index contributed by atoms with van der Waals surface area (Å²) in [6, 6.07) is 0. The van der Waals surface area contributed by atoms with E-state index in [0.717, 1.165) is 45.1 Å². The summed E-state index contributed by atoms with van der Waals surface area (Å²) in [5, 5.41) is 0. The van der Waals surface area contributed by atoms with Gasteiger partial charge in [-0.1, -0.05) is 96.1 Å². The standard InChI is InChI=1S/C44H78O7Si/c1-16-17-29(10)43(15)39(51-52(24(2)3,25(4)5)26(6)7)21-36-37(49-43)19-27(8)18-34-35(46-36)20-38-40(47-34)30(11)31(12)42-41(48-38)32(13)33(14)44(50-42)22-28(9)23-45-44/h16,24-42H,1,17-23H2,2-15H3/t27-,28+,29-,30+,31+,32+,33+,34+,35-,36+,37-,38+,39-,40-,41-,42+,43+,44-/m1/s1. The maximum atomic E-state index is 7.71. The van der Waals surface area contributed by atoms with Gasteiger partial charge in [0.05, 0.1) is 67.1 Å². The average molecular weight is 747 g/mol. The zero-order valence-electron chi connectivity index (χ0n) is 35.6. The van der Waals surface area contributed by atoms with E-state index in [2.05, 4.69) is 110 Å². The van der Waals surface area contributed by atoms with Crippen LogP contribution in [0.1, 0.15) is 135 Å². The molecule has 0 amide bonds. The Morgan fingerprint density at radius 1 is 0.673 bits per heavy atom. The summed E-state index contributed by atoms with van der Waals surface area (Å²) in [4.78, 5) is 0. The normalized spacial score (nSPS) is 49.1. The average Bonchev–Trinajstić information content (AvgIpc) is 3.41. The highest BCUT2D eigenvalue weighted by atomic mass is 28.4. The molecule has 0 aliphatic carbocycles. The van der Waals surface area contributed by atoms with Crippen molar-refractivity contribution in [2.24, 2.45) is 41.4 Å². The van der Waals surface area contributed by atoms with Crippen LogP contribution >= 0.6 is 0 Å². The quantitative estimate of drug-likeness (QED) is 0.181. The summed E-state index contributed by atoms with van der Waals surface area (Å²) < 4.78 is 50.6. The molecule has 6 rings (SSSR count). The topological polar surface area (TPSA) is 64.6 Å². The maximum Gasteiger partial charge on any atom is 0.200 e. The van der Waals surface area contributed by atoms with Gasteiger partial charge in [-0.2, -0.15) is 0 Å². The highest BCUT2D eigenvalue weighted by molar-refractivity contribution is 6.77. The number of hydrogen-bond acceptors (Lipinski definition) is 7. The molecule has 0 N–H and O–H groups in total. The monoisotopic (exact) mass is 747 g/mol. The third-order valence-corrected chi connectivity index (χ3v) is 21.9. The van der Waals surface area contributed by atoms with E-state index in [-0.39, 0.29) is 78.6 Å². The number of fused-ring (bicyclic) bond motifs is 4. The minimum atomic E-state index is -2.21. The summed E-state index contributed by atoms with van der Waals surface area (Å²) in [6.45, 7) is 37.9. The van der Waals surface area contributed by atoms with Crippen LogP contribution in [0.4, 0.5) is 0 Å². The van der Waals surface area contributed by atoms with Gasteiger partial charge in [0.2, 0.25) is 8.32 Å². The van der Waals surface area contributed by atoms with Crippen LogP contribution in [-0.2, 0) is 32.8 Å². The van der Waals surface area contributed by atoms with Crippen molar-refractivity contribution in [3.8, 4) is 0 Å². The first-order valence-electron chi connectivity index (χ1n) is 21.6. The molecule has 1 spiro atoms. The van der Waals surface area contributed by atoms with E-state index in [1.807, 2.05) is 0 Å². The van der Waals surface area contributed by atoms with Crippen LogP contribution < -0.4 is 0 Å². The maximum absolute atomic E-state index is 7.71. The Balaban J connectivity index is 1.28. The second-order valence-electron chi connectivity index (χ2n) is 20.1. The van der Waals surface area contributed by atoms with Gasteiger partial charge < -0.3 is 32.8 Å². The molecule has 0 aromatic rings. The van der Waals surface area contributed by atoms with Crippen LogP contribution in [0.25, 0.3) is 0 Å². The molecule has 6 fully saturated rings. The van der Waals surface area contributed by atoms with E-state index >= 15 is 0 Å². The summed E-state index contributed by atoms with van der Waals surface area (Å²) in [5.41, 5.74) is 1.04. The van der Waals surface area contributed by atoms with Gasteiger partial charge in [0.15, 0.2) is 5.79 Å². The second kappa shape index (κ2) is 15.6. The van der Waals surface area contributed by atoms with Crippen molar-refractivity contribution in [3.05, 3.63) is 12.7 Å². The molecule has 7 nitrogen and oxygen atoms in total. The second-order valence-corrected chi connectivity index (χ2v) is 25.5. The molecule has 8 heteroatoms. The molecule has 0 saturated carbocycles. The zero-order chi connectivity index (χ0) is 38.1. The SMILES string of the molecule is C=CC[C@@H](C)[C@]1(C)O[C@@H]2C[C@H](C)C[C@@H]3O[C@@H]4[C@@H](C)[C@H](C)[C@@H]5O[C@]6(C[C@H](C)CO6)[C@@H](C)[C@H](C)[C@H]5O[C@H]4C[C@H]3O[C@H]2C[C@H]1O[Si](C(C)C)(C(C)C)C(C)C. The smallest absolute Gasteiger partial charge is 0.200 e. The van der Waals surface area contributed by atoms with Crippen molar-refractivity contribution in [1.29, 1.82) is 0 Å². The van der Waals surface area contributed by atoms with Gasteiger partial charge in [-0.3, -0.25) is 0 Å². The minimum absolute atomic E-state index is 0.00279. The van der Waals surface area contributed by atoms with Crippen LogP contribution in [0.15, 0.2) is 12.7 Å². The summed E-state index contributed by atoms with van der Waals surface area (Å²) in [5.74, 6) is 1.85. The first-order valence-corrected chi connectivity index (χ1v) is 23.8. The van der Waals surface area contributed by atoms with Crippen molar-refractivity contribution in [1.82, 2.24) is 0 Å². The van der Waals surface area contributed by atoms with Gasteiger partial charge in [0, 0.05) is 25.2 Å². The van der Waals surface area contributed by atoms with Gasteiger partial charge in [-0.15, -0.1) is 6.58 Å². The van der Waals surface area contributed by atoms with Crippen LogP contribution in [0.5, 0.6) is 0 Å². The van der Waals surface area contributed by atoms with Crippen molar-refractivity contribution >= 4 is 8.32 Å². The Kier molecular flexibility index (Phi) is 12.4. The van der Waals surface area contributed by atoms with E-state index in [0.29, 0.717) is 34.4 Å². The molecular formula is C44H78O7Si. The molecule has 0 unspecified atom stereocenters. The lowest BCUT2D eigenvalue weighted by Crippen LogP contribution is -2.65. The predicted molar refractivity (Wildman–Crippen MR) is 211 cm³/mol. The van der Waals surface area contributed by atoms with E-state index in [1.165, 1.54) is 0 Å². The van der Waals surface area contributed by atoms with Crippen molar-refractivity contribution in [2.45, 2.75) is 218 Å². The number of ether oxygens (including phenoxy) is 6. The van der Waals surface area contributed by atoms with Gasteiger partial charge in [-0.25, -0.2) is 0 Å². The number of allylic oxidation sites excluding steroid dienone is 1. The Morgan fingerprint density at radius 3 is 1.85 bits per heavy atom. The summed E-state index contributed by atoms with van der Waals surface area (Å²) >= 11 is 0. The first kappa shape index (κ1) is 41.3. The Labute approximate surface area is 319 Å². The van der Waals surface area contributed by atoms with Gasteiger partial charge >= 0.3 is 0 Å². The van der Waals surface area contributed by atoms with Crippen LogP contribution in [0.3, 0.4) is 0 Å². The Hall–Kier alpha value is -0.323.